The summed E-state index contributed by atoms with van der Waals surface area (Å²) in [5.41, 5.74) is 6.10. The minimum Gasteiger partial charge on any atom is -0.504 e. The Hall–Kier alpha value is -4.10. The molecule has 0 amide bonds. The van der Waals surface area contributed by atoms with Crippen molar-refractivity contribution in [1.82, 2.24) is 4.57 Å². The molecule has 1 unspecified atom stereocenters. The number of rotatable bonds is 5. The topological polar surface area (TPSA) is 73.0 Å². The third-order valence-corrected chi connectivity index (χ3v) is 7.87. The highest BCUT2D eigenvalue weighted by atomic mass is 32.1. The molecule has 0 fully saturated rings. The Labute approximate surface area is 218 Å². The number of fused-ring (bicyclic) bond motifs is 3. The third-order valence-electron chi connectivity index (χ3n) is 6.89. The lowest BCUT2D eigenvalue weighted by molar-refractivity contribution is 0.318. The molecule has 0 saturated heterocycles. The first-order chi connectivity index (χ1) is 18.1. The fraction of sp³-hybridized carbons (Fsp3) is 0.200. The second-order valence-electron chi connectivity index (χ2n) is 9.02. The van der Waals surface area contributed by atoms with Crippen LogP contribution in [-0.2, 0) is 6.42 Å². The van der Waals surface area contributed by atoms with E-state index in [2.05, 4.69) is 18.2 Å². The molecule has 1 aromatic heterocycles. The summed E-state index contributed by atoms with van der Waals surface area (Å²) >= 11 is 1.37. The van der Waals surface area contributed by atoms with Crippen LogP contribution in [0.5, 0.6) is 17.2 Å². The van der Waals surface area contributed by atoms with Gasteiger partial charge in [0.15, 0.2) is 16.3 Å². The number of hydrogen-bond acceptors (Lipinski definition) is 6. The van der Waals surface area contributed by atoms with Crippen molar-refractivity contribution in [2.75, 3.05) is 13.7 Å². The maximum absolute atomic E-state index is 13.9. The van der Waals surface area contributed by atoms with Crippen LogP contribution in [0.3, 0.4) is 0 Å². The van der Waals surface area contributed by atoms with Gasteiger partial charge in [-0.15, -0.1) is 0 Å². The zero-order valence-corrected chi connectivity index (χ0v) is 21.4. The number of aromatic nitrogens is 1. The summed E-state index contributed by atoms with van der Waals surface area (Å²) in [4.78, 5) is 19.7. The number of phenolic OH excluding ortho intramolecular Hbond substituents is 1. The highest BCUT2D eigenvalue weighted by Crippen LogP contribution is 2.43. The third kappa shape index (κ3) is 3.96. The molecule has 4 aromatic rings. The van der Waals surface area contributed by atoms with Gasteiger partial charge < -0.3 is 14.6 Å². The van der Waals surface area contributed by atoms with Crippen LogP contribution >= 0.6 is 11.3 Å². The minimum absolute atomic E-state index is 0.0722. The molecule has 0 spiro atoms. The molecule has 6 rings (SSSR count). The number of benzene rings is 3. The molecule has 1 atom stereocenters. The smallest absolute Gasteiger partial charge is 0.271 e. The fourth-order valence-electron chi connectivity index (χ4n) is 5.23. The van der Waals surface area contributed by atoms with E-state index in [1.807, 2.05) is 47.9 Å². The molecule has 2 heterocycles. The van der Waals surface area contributed by atoms with Crippen molar-refractivity contribution in [1.29, 1.82) is 0 Å². The Morgan fingerprint density at radius 2 is 1.89 bits per heavy atom. The van der Waals surface area contributed by atoms with E-state index in [9.17, 15) is 9.90 Å². The summed E-state index contributed by atoms with van der Waals surface area (Å²) < 4.78 is 13.7. The maximum atomic E-state index is 13.9. The highest BCUT2D eigenvalue weighted by Gasteiger charge is 2.33. The predicted molar refractivity (Wildman–Crippen MR) is 145 cm³/mol. The van der Waals surface area contributed by atoms with Gasteiger partial charge in [0, 0.05) is 11.1 Å². The van der Waals surface area contributed by atoms with Crippen LogP contribution in [0.25, 0.3) is 11.8 Å². The van der Waals surface area contributed by atoms with E-state index in [1.165, 1.54) is 16.9 Å². The first kappa shape index (κ1) is 23.3. The Bertz CT molecular complexity index is 1730. The van der Waals surface area contributed by atoms with Crippen molar-refractivity contribution in [3.05, 3.63) is 114 Å². The van der Waals surface area contributed by atoms with E-state index in [-0.39, 0.29) is 17.4 Å². The Morgan fingerprint density at radius 1 is 1.08 bits per heavy atom. The Kier molecular flexibility index (Phi) is 5.93. The lowest BCUT2D eigenvalue weighted by Crippen LogP contribution is -2.39. The molecule has 2 aliphatic rings. The lowest BCUT2D eigenvalue weighted by atomic mass is 9.83. The molecule has 7 heteroatoms. The molecule has 1 aliphatic carbocycles. The van der Waals surface area contributed by atoms with Crippen molar-refractivity contribution in [2.24, 2.45) is 4.99 Å². The zero-order chi connectivity index (χ0) is 25.5. The number of para-hydroxylation sites is 1. The molecule has 186 valence electrons. The fourth-order valence-corrected chi connectivity index (χ4v) is 6.24. The molecular weight excluding hydrogens is 484 g/mol. The average molecular weight is 511 g/mol. The van der Waals surface area contributed by atoms with Crippen LogP contribution in [0.2, 0.25) is 0 Å². The first-order valence-electron chi connectivity index (χ1n) is 12.3. The van der Waals surface area contributed by atoms with Crippen LogP contribution in [0, 0.1) is 0 Å². The SMILES string of the molecule is CCOc1cc(C=c2sc3n(c2=O)C(c2ccccc2OC)C2=C(N=3)c3ccccc3CC2)ccc1O. The van der Waals surface area contributed by atoms with E-state index < -0.39 is 0 Å². The van der Waals surface area contributed by atoms with E-state index in [0.717, 1.165) is 46.6 Å². The van der Waals surface area contributed by atoms with Crippen molar-refractivity contribution in [3.8, 4) is 17.2 Å². The van der Waals surface area contributed by atoms with Crippen molar-refractivity contribution in [3.63, 3.8) is 0 Å². The van der Waals surface area contributed by atoms with Gasteiger partial charge in [-0.2, -0.15) is 0 Å². The van der Waals surface area contributed by atoms with E-state index >= 15 is 0 Å². The number of ether oxygens (including phenoxy) is 2. The van der Waals surface area contributed by atoms with Crippen LogP contribution in [-0.4, -0.2) is 23.4 Å². The second-order valence-corrected chi connectivity index (χ2v) is 10.0. The lowest BCUT2D eigenvalue weighted by Gasteiger charge is -2.31. The van der Waals surface area contributed by atoms with Gasteiger partial charge >= 0.3 is 0 Å². The minimum atomic E-state index is -0.309. The summed E-state index contributed by atoms with van der Waals surface area (Å²) in [5.74, 6) is 1.21. The molecule has 1 aliphatic heterocycles. The molecule has 37 heavy (non-hydrogen) atoms. The number of hydrogen-bond donors (Lipinski definition) is 1. The summed E-state index contributed by atoms with van der Waals surface area (Å²) in [6.45, 7) is 2.30. The highest BCUT2D eigenvalue weighted by molar-refractivity contribution is 7.07. The number of nitrogens with zero attached hydrogens (tertiary/aromatic N) is 2. The van der Waals surface area contributed by atoms with E-state index in [1.54, 1.807) is 25.3 Å². The normalized spacial score (nSPS) is 16.5. The van der Waals surface area contributed by atoms with Crippen LogP contribution in [0.1, 0.15) is 41.6 Å². The number of aryl methyl sites for hydroxylation is 1. The average Bonchev–Trinajstić information content (AvgIpc) is 3.23. The van der Waals surface area contributed by atoms with E-state index in [0.29, 0.717) is 21.7 Å². The number of methoxy groups -OCH3 is 1. The van der Waals surface area contributed by atoms with Crippen molar-refractivity contribution in [2.45, 2.75) is 25.8 Å². The largest absolute Gasteiger partial charge is 0.504 e. The van der Waals surface area contributed by atoms with Gasteiger partial charge in [0.1, 0.15) is 5.75 Å². The van der Waals surface area contributed by atoms with Gasteiger partial charge in [0.05, 0.1) is 30.0 Å². The monoisotopic (exact) mass is 510 g/mol. The molecule has 3 aromatic carbocycles. The van der Waals surface area contributed by atoms with Crippen LogP contribution in [0.4, 0.5) is 0 Å². The molecular formula is C30H26N2O4S. The summed E-state index contributed by atoms with van der Waals surface area (Å²) in [7, 11) is 1.66. The van der Waals surface area contributed by atoms with Crippen molar-refractivity contribution >= 4 is 23.1 Å². The standard InChI is InChI=1S/C30H26N2O4S/c1-3-36-25-16-18(12-15-23(25)33)17-26-29(34)32-28(21-10-6-7-11-24(21)35-2)22-14-13-19-8-4-5-9-20(19)27(22)31-30(32)37-26/h4-12,15-17,28,33H,3,13-14H2,1-2H3. The van der Waals surface area contributed by atoms with Gasteiger partial charge in [0.2, 0.25) is 0 Å². The number of aromatic hydroxyl groups is 1. The number of allylic oxidation sites excluding steroid dienone is 1. The molecule has 0 bridgehead atoms. The van der Waals surface area contributed by atoms with Gasteiger partial charge in [-0.3, -0.25) is 9.36 Å². The van der Waals surface area contributed by atoms with Crippen molar-refractivity contribution < 1.29 is 14.6 Å². The van der Waals surface area contributed by atoms with Crippen LogP contribution in [0.15, 0.2) is 82.1 Å². The maximum Gasteiger partial charge on any atom is 0.271 e. The Morgan fingerprint density at radius 3 is 2.73 bits per heavy atom. The van der Waals surface area contributed by atoms with E-state index in [4.69, 9.17) is 14.5 Å². The molecule has 0 radical (unpaired) electrons. The quantitative estimate of drug-likeness (QED) is 0.431. The molecule has 6 nitrogen and oxygen atoms in total. The summed E-state index contributed by atoms with van der Waals surface area (Å²) in [6, 6.07) is 21.1. The zero-order valence-electron chi connectivity index (χ0n) is 20.6. The van der Waals surface area contributed by atoms with Crippen LogP contribution < -0.4 is 24.4 Å². The van der Waals surface area contributed by atoms with Gasteiger partial charge in [-0.25, -0.2) is 4.99 Å². The van der Waals surface area contributed by atoms with Gasteiger partial charge in [0.25, 0.3) is 5.56 Å². The Balaban J connectivity index is 1.60. The second kappa shape index (κ2) is 9.41. The molecule has 0 saturated carbocycles. The number of phenols is 1. The summed E-state index contributed by atoms with van der Waals surface area (Å²) in [5, 5.41) is 10.1. The van der Waals surface area contributed by atoms with Gasteiger partial charge in [-0.05, 0) is 60.7 Å². The van der Waals surface area contributed by atoms with Gasteiger partial charge in [-0.1, -0.05) is 59.9 Å². The summed E-state index contributed by atoms with van der Waals surface area (Å²) in [6.07, 6.45) is 3.55. The molecule has 1 N–H and O–H groups in total. The first-order valence-corrected chi connectivity index (χ1v) is 13.1. The number of thiazole rings is 1. The predicted octanol–water partition coefficient (Wildman–Crippen LogP) is 4.43.